The number of nitrogens with one attached hydrogen (secondary N) is 1. The van der Waals surface area contributed by atoms with Crippen LogP contribution in [0, 0.1) is 0 Å². The molecule has 1 amide bonds. The van der Waals surface area contributed by atoms with Gasteiger partial charge in [-0.05, 0) is 70.6 Å². The highest BCUT2D eigenvalue weighted by atomic mass is 16.5. The highest BCUT2D eigenvalue weighted by Gasteiger charge is 2.19. The Labute approximate surface area is 213 Å². The van der Waals surface area contributed by atoms with Gasteiger partial charge in [0.25, 0.3) is 5.56 Å². The average molecular weight is 495 g/mol. The number of hydrogen-bond acceptors (Lipinski definition) is 6. The van der Waals surface area contributed by atoms with Gasteiger partial charge in [0.05, 0.1) is 24.6 Å². The molecular formula is C28H38N4O4. The van der Waals surface area contributed by atoms with Crippen LogP contribution in [0.4, 0.5) is 0 Å². The summed E-state index contributed by atoms with van der Waals surface area (Å²) in [6, 6.07) is 12.6. The average Bonchev–Trinajstić information content (AvgIpc) is 2.84. The monoisotopic (exact) mass is 494 g/mol. The second kappa shape index (κ2) is 12.0. The van der Waals surface area contributed by atoms with Crippen LogP contribution in [0.2, 0.25) is 0 Å². The Morgan fingerprint density at radius 3 is 2.50 bits per heavy atom. The zero-order valence-corrected chi connectivity index (χ0v) is 22.3. The number of amides is 1. The van der Waals surface area contributed by atoms with Crippen LogP contribution in [0.3, 0.4) is 0 Å². The highest BCUT2D eigenvalue weighted by Crippen LogP contribution is 2.25. The standard InChI is InChI=1S/C28H38N4O4/c1-7-31(8-2)15-10-16-36-22-13-14-24-23(18-22)27(34)32(19-25(33)30-28(3,4)5)26(29-24)20-11-9-12-21(17-20)35-6/h9,11-14,17-18H,7-8,10,15-16,19H2,1-6H3,(H,30,33). The van der Waals surface area contributed by atoms with Gasteiger partial charge >= 0.3 is 0 Å². The first-order valence-electron chi connectivity index (χ1n) is 12.5. The van der Waals surface area contributed by atoms with Crippen LogP contribution in [-0.2, 0) is 11.3 Å². The minimum Gasteiger partial charge on any atom is -0.497 e. The highest BCUT2D eigenvalue weighted by molar-refractivity contribution is 5.83. The van der Waals surface area contributed by atoms with Crippen molar-refractivity contribution in [1.82, 2.24) is 19.8 Å². The van der Waals surface area contributed by atoms with Crippen molar-refractivity contribution in [2.75, 3.05) is 33.4 Å². The molecule has 194 valence electrons. The molecular weight excluding hydrogens is 456 g/mol. The second-order valence-electron chi connectivity index (χ2n) is 9.76. The predicted octanol–water partition coefficient (Wildman–Crippen LogP) is 4.10. The number of rotatable bonds is 11. The number of carbonyl (C=O) groups is 1. The van der Waals surface area contributed by atoms with E-state index >= 15 is 0 Å². The molecule has 0 fully saturated rings. The van der Waals surface area contributed by atoms with Gasteiger partial charge in [-0.3, -0.25) is 14.2 Å². The zero-order valence-electron chi connectivity index (χ0n) is 22.3. The molecule has 8 nitrogen and oxygen atoms in total. The number of ether oxygens (including phenoxy) is 2. The summed E-state index contributed by atoms with van der Waals surface area (Å²) in [6.07, 6.45) is 0.893. The van der Waals surface area contributed by atoms with Crippen molar-refractivity contribution < 1.29 is 14.3 Å². The Kier molecular flexibility index (Phi) is 9.09. The Morgan fingerprint density at radius 2 is 1.83 bits per heavy atom. The van der Waals surface area contributed by atoms with E-state index in [0.29, 0.717) is 40.4 Å². The Hall–Kier alpha value is -3.39. The van der Waals surface area contributed by atoms with E-state index in [9.17, 15) is 9.59 Å². The summed E-state index contributed by atoms with van der Waals surface area (Å²) in [6.45, 7) is 13.4. The Morgan fingerprint density at radius 1 is 1.08 bits per heavy atom. The topological polar surface area (TPSA) is 85.7 Å². The lowest BCUT2D eigenvalue weighted by Crippen LogP contribution is -2.43. The first kappa shape index (κ1) is 27.2. The lowest BCUT2D eigenvalue weighted by Gasteiger charge is -2.22. The van der Waals surface area contributed by atoms with E-state index in [4.69, 9.17) is 14.5 Å². The molecule has 0 aliphatic heterocycles. The van der Waals surface area contributed by atoms with Crippen LogP contribution in [0.1, 0.15) is 41.0 Å². The quantitative estimate of drug-likeness (QED) is 0.404. The van der Waals surface area contributed by atoms with Crippen molar-refractivity contribution in [3.63, 3.8) is 0 Å². The molecule has 1 heterocycles. The maximum Gasteiger partial charge on any atom is 0.262 e. The molecule has 0 radical (unpaired) electrons. The number of carbonyl (C=O) groups excluding carboxylic acids is 1. The molecule has 0 aliphatic rings. The zero-order chi connectivity index (χ0) is 26.3. The van der Waals surface area contributed by atoms with Crippen molar-refractivity contribution in [3.8, 4) is 22.9 Å². The van der Waals surface area contributed by atoms with Crippen molar-refractivity contribution in [2.45, 2.75) is 53.1 Å². The van der Waals surface area contributed by atoms with Gasteiger partial charge in [0.2, 0.25) is 5.91 Å². The first-order chi connectivity index (χ1) is 17.1. The maximum absolute atomic E-state index is 13.7. The molecule has 8 heteroatoms. The van der Waals surface area contributed by atoms with Crippen molar-refractivity contribution in [2.24, 2.45) is 0 Å². The van der Waals surface area contributed by atoms with Gasteiger partial charge in [0.15, 0.2) is 0 Å². The van der Waals surface area contributed by atoms with E-state index in [-0.39, 0.29) is 18.0 Å². The van der Waals surface area contributed by atoms with Crippen molar-refractivity contribution in [1.29, 1.82) is 0 Å². The molecule has 36 heavy (non-hydrogen) atoms. The Balaban J connectivity index is 1.98. The molecule has 0 aliphatic carbocycles. The maximum atomic E-state index is 13.7. The Bertz CT molecular complexity index is 1240. The van der Waals surface area contributed by atoms with Crippen LogP contribution in [0.15, 0.2) is 47.3 Å². The summed E-state index contributed by atoms with van der Waals surface area (Å²) in [4.78, 5) is 33.6. The van der Waals surface area contributed by atoms with Crippen LogP contribution in [0.5, 0.6) is 11.5 Å². The number of nitrogens with zero attached hydrogens (tertiary/aromatic N) is 3. The third-order valence-corrected chi connectivity index (χ3v) is 5.85. The summed E-state index contributed by atoms with van der Waals surface area (Å²) in [5.41, 5.74) is 0.512. The van der Waals surface area contributed by atoms with Crippen LogP contribution in [0.25, 0.3) is 22.3 Å². The summed E-state index contributed by atoms with van der Waals surface area (Å²) >= 11 is 0. The number of fused-ring (bicyclic) bond motifs is 1. The third kappa shape index (κ3) is 7.07. The van der Waals surface area contributed by atoms with E-state index in [1.54, 1.807) is 25.3 Å². The molecule has 3 aromatic rings. The number of methoxy groups -OCH3 is 1. The minimum absolute atomic E-state index is 0.152. The van der Waals surface area contributed by atoms with E-state index in [2.05, 4.69) is 24.1 Å². The van der Waals surface area contributed by atoms with Gasteiger partial charge in [-0.15, -0.1) is 0 Å². The molecule has 2 aromatic carbocycles. The van der Waals surface area contributed by atoms with E-state index in [1.807, 2.05) is 45.0 Å². The number of aromatic nitrogens is 2. The molecule has 0 saturated heterocycles. The van der Waals surface area contributed by atoms with Crippen molar-refractivity contribution in [3.05, 3.63) is 52.8 Å². The number of benzene rings is 2. The minimum atomic E-state index is -0.423. The smallest absolute Gasteiger partial charge is 0.262 e. The normalized spacial score (nSPS) is 11.6. The molecule has 0 saturated carbocycles. The molecule has 1 N–H and O–H groups in total. The fraction of sp³-hybridized carbons (Fsp3) is 0.464. The molecule has 0 bridgehead atoms. The SMILES string of the molecule is CCN(CC)CCCOc1ccc2nc(-c3cccc(OC)c3)n(CC(=O)NC(C)(C)C)c(=O)c2c1. The largest absolute Gasteiger partial charge is 0.497 e. The lowest BCUT2D eigenvalue weighted by molar-refractivity contribution is -0.123. The summed E-state index contributed by atoms with van der Waals surface area (Å²) in [7, 11) is 1.58. The third-order valence-electron chi connectivity index (χ3n) is 5.85. The second-order valence-corrected chi connectivity index (χ2v) is 9.76. The summed E-state index contributed by atoms with van der Waals surface area (Å²) in [5, 5.41) is 3.34. The number of hydrogen-bond donors (Lipinski definition) is 1. The van der Waals surface area contributed by atoms with Crippen LogP contribution >= 0.6 is 0 Å². The van der Waals surface area contributed by atoms with E-state index in [0.717, 1.165) is 26.1 Å². The van der Waals surface area contributed by atoms with Gasteiger partial charge in [0, 0.05) is 17.6 Å². The van der Waals surface area contributed by atoms with Gasteiger partial charge in [0.1, 0.15) is 23.9 Å². The van der Waals surface area contributed by atoms with Gasteiger partial charge in [-0.25, -0.2) is 4.98 Å². The fourth-order valence-electron chi connectivity index (χ4n) is 4.04. The van der Waals surface area contributed by atoms with Gasteiger partial charge in [-0.2, -0.15) is 0 Å². The molecule has 1 aromatic heterocycles. The van der Waals surface area contributed by atoms with Crippen molar-refractivity contribution >= 4 is 16.8 Å². The molecule has 0 unspecified atom stereocenters. The van der Waals surface area contributed by atoms with E-state index < -0.39 is 5.54 Å². The fourth-order valence-corrected chi connectivity index (χ4v) is 4.04. The first-order valence-corrected chi connectivity index (χ1v) is 12.5. The lowest BCUT2D eigenvalue weighted by atomic mass is 10.1. The molecule has 3 rings (SSSR count). The van der Waals surface area contributed by atoms with Gasteiger partial charge < -0.3 is 19.7 Å². The summed E-state index contributed by atoms with van der Waals surface area (Å²) < 4.78 is 12.7. The molecule has 0 spiro atoms. The van der Waals surface area contributed by atoms with E-state index in [1.165, 1.54) is 4.57 Å². The summed E-state index contributed by atoms with van der Waals surface area (Å²) in [5.74, 6) is 1.39. The predicted molar refractivity (Wildman–Crippen MR) is 144 cm³/mol. The van der Waals surface area contributed by atoms with Gasteiger partial charge in [-0.1, -0.05) is 26.0 Å². The van der Waals surface area contributed by atoms with Crippen LogP contribution < -0.4 is 20.3 Å². The molecule has 0 atom stereocenters. The van der Waals surface area contributed by atoms with Crippen LogP contribution in [-0.4, -0.2) is 59.2 Å².